The largest absolute Gasteiger partial charge is 0.495 e. The predicted octanol–water partition coefficient (Wildman–Crippen LogP) is 3.40. The number of hydrogen-bond donors (Lipinski definition) is 2. The number of likely N-dealkylation sites (N-methyl/N-ethyl adjacent to an activating group) is 1. The number of rotatable bonds is 7. The van der Waals surface area contributed by atoms with Crippen molar-refractivity contribution >= 4 is 11.6 Å². The third-order valence-corrected chi connectivity index (χ3v) is 4.83. The Hall–Kier alpha value is -3.11. The minimum Gasteiger partial charge on any atom is -0.495 e. The maximum absolute atomic E-state index is 13.3. The molecule has 1 amide bonds. The second-order valence-corrected chi connectivity index (χ2v) is 7.05. The molecule has 4 nitrogen and oxygen atoms in total. The molecule has 3 aromatic rings. The minimum atomic E-state index is -0.341. The summed E-state index contributed by atoms with van der Waals surface area (Å²) in [6.45, 7) is 2.75. The Labute approximate surface area is 166 Å². The number of methoxy groups -OCH3 is 1. The van der Waals surface area contributed by atoms with Gasteiger partial charge in [0.1, 0.15) is 12.3 Å². The minimum absolute atomic E-state index is 0.0523. The van der Waals surface area contributed by atoms with Crippen LogP contribution in [0.4, 0.5) is 5.69 Å². The highest BCUT2D eigenvalue weighted by Crippen LogP contribution is 2.26. The zero-order valence-corrected chi connectivity index (χ0v) is 16.6. The molecular weight excluding hydrogens is 348 g/mol. The third kappa shape index (κ3) is 4.78. The summed E-state index contributed by atoms with van der Waals surface area (Å²) < 4.78 is 5.42. The van der Waals surface area contributed by atoms with Gasteiger partial charge in [0, 0.05) is 11.1 Å². The van der Waals surface area contributed by atoms with Gasteiger partial charge in [0.15, 0.2) is 6.04 Å². The number of amides is 1. The molecule has 2 atom stereocenters. The molecule has 0 radical (unpaired) electrons. The number of hydrogen-bond acceptors (Lipinski definition) is 2. The van der Waals surface area contributed by atoms with Gasteiger partial charge in [-0.2, -0.15) is 0 Å². The Balaban J connectivity index is 1.88. The molecule has 0 aliphatic rings. The lowest BCUT2D eigenvalue weighted by molar-refractivity contribution is -0.915. The second kappa shape index (κ2) is 9.20. The van der Waals surface area contributed by atoms with Crippen LogP contribution in [0.1, 0.15) is 22.7 Å². The van der Waals surface area contributed by atoms with Gasteiger partial charge >= 0.3 is 0 Å². The van der Waals surface area contributed by atoms with E-state index in [0.717, 1.165) is 22.6 Å². The predicted molar refractivity (Wildman–Crippen MR) is 113 cm³/mol. The summed E-state index contributed by atoms with van der Waals surface area (Å²) >= 11 is 0. The van der Waals surface area contributed by atoms with Gasteiger partial charge in [-0.1, -0.05) is 66.7 Å². The Bertz CT molecular complexity index is 910. The van der Waals surface area contributed by atoms with Crippen molar-refractivity contribution in [2.45, 2.75) is 19.5 Å². The quantitative estimate of drug-likeness (QED) is 0.665. The van der Waals surface area contributed by atoms with E-state index in [1.165, 1.54) is 5.56 Å². The van der Waals surface area contributed by atoms with E-state index >= 15 is 0 Å². The van der Waals surface area contributed by atoms with Crippen LogP contribution in [0.25, 0.3) is 0 Å². The number of anilines is 1. The van der Waals surface area contributed by atoms with Gasteiger partial charge in [0.2, 0.25) is 0 Å². The highest BCUT2D eigenvalue weighted by molar-refractivity contribution is 5.96. The summed E-state index contributed by atoms with van der Waals surface area (Å²) in [5.41, 5.74) is 3.94. The van der Waals surface area contributed by atoms with Crippen LogP contribution < -0.4 is 15.0 Å². The molecule has 0 bridgehead atoms. The van der Waals surface area contributed by atoms with E-state index in [0.29, 0.717) is 11.4 Å². The second-order valence-electron chi connectivity index (χ2n) is 7.05. The highest BCUT2D eigenvalue weighted by atomic mass is 16.5. The maximum atomic E-state index is 13.3. The Kier molecular flexibility index (Phi) is 6.45. The van der Waals surface area contributed by atoms with Crippen molar-refractivity contribution in [2.75, 3.05) is 19.5 Å². The molecule has 3 rings (SSSR count). The molecular formula is C24H27N2O2+. The summed E-state index contributed by atoms with van der Waals surface area (Å²) in [4.78, 5) is 14.4. The van der Waals surface area contributed by atoms with E-state index in [1.807, 2.05) is 73.7 Å². The van der Waals surface area contributed by atoms with Crippen LogP contribution >= 0.6 is 0 Å². The summed E-state index contributed by atoms with van der Waals surface area (Å²) in [5.74, 6) is 0.606. The summed E-state index contributed by atoms with van der Waals surface area (Å²) in [6, 6.07) is 25.6. The van der Waals surface area contributed by atoms with Crippen LogP contribution in [0, 0.1) is 6.92 Å². The third-order valence-electron chi connectivity index (χ3n) is 4.83. The van der Waals surface area contributed by atoms with Gasteiger partial charge in [-0.25, -0.2) is 0 Å². The van der Waals surface area contributed by atoms with Gasteiger partial charge in [0.05, 0.1) is 19.8 Å². The van der Waals surface area contributed by atoms with E-state index in [9.17, 15) is 4.79 Å². The Morgan fingerprint density at radius 3 is 2.29 bits per heavy atom. The first-order valence-electron chi connectivity index (χ1n) is 9.45. The fourth-order valence-corrected chi connectivity index (χ4v) is 3.45. The van der Waals surface area contributed by atoms with Crippen LogP contribution in [0.15, 0.2) is 78.9 Å². The number of ether oxygens (including phenoxy) is 1. The van der Waals surface area contributed by atoms with Gasteiger partial charge < -0.3 is 15.0 Å². The SMILES string of the molecule is COc1ccc(C)cc1NC(=O)[C@@H](c1ccccc1)[NH+](C)Cc1ccccc1. The van der Waals surface area contributed by atoms with Crippen molar-refractivity contribution in [3.05, 3.63) is 95.6 Å². The average molecular weight is 375 g/mol. The molecule has 2 N–H and O–H groups in total. The van der Waals surface area contributed by atoms with Crippen LogP contribution in [0.5, 0.6) is 5.75 Å². The number of carbonyl (C=O) groups is 1. The molecule has 1 unspecified atom stereocenters. The Morgan fingerprint density at radius 2 is 1.64 bits per heavy atom. The van der Waals surface area contributed by atoms with E-state index in [2.05, 4.69) is 24.5 Å². The fraction of sp³-hybridized carbons (Fsp3) is 0.208. The van der Waals surface area contributed by atoms with Crippen molar-refractivity contribution in [1.82, 2.24) is 0 Å². The smallest absolute Gasteiger partial charge is 0.287 e. The van der Waals surface area contributed by atoms with Crippen molar-refractivity contribution in [1.29, 1.82) is 0 Å². The molecule has 3 aromatic carbocycles. The summed E-state index contributed by atoms with van der Waals surface area (Å²) in [6.07, 6.45) is 0. The normalized spacial score (nSPS) is 12.8. The lowest BCUT2D eigenvalue weighted by atomic mass is 10.0. The van der Waals surface area contributed by atoms with Crippen LogP contribution in [-0.4, -0.2) is 20.1 Å². The lowest BCUT2D eigenvalue weighted by Crippen LogP contribution is -3.09. The highest BCUT2D eigenvalue weighted by Gasteiger charge is 2.29. The van der Waals surface area contributed by atoms with Crippen molar-refractivity contribution in [3.8, 4) is 5.75 Å². The topological polar surface area (TPSA) is 42.8 Å². The molecule has 0 saturated heterocycles. The van der Waals surface area contributed by atoms with Gasteiger partial charge in [-0.3, -0.25) is 4.79 Å². The molecule has 0 saturated carbocycles. The molecule has 0 fully saturated rings. The zero-order valence-electron chi connectivity index (χ0n) is 16.6. The first kappa shape index (κ1) is 19.6. The van der Waals surface area contributed by atoms with Crippen LogP contribution in [-0.2, 0) is 11.3 Å². The van der Waals surface area contributed by atoms with Gasteiger partial charge in [-0.05, 0) is 24.6 Å². The summed E-state index contributed by atoms with van der Waals surface area (Å²) in [7, 11) is 3.67. The number of quaternary nitrogens is 1. The number of carbonyl (C=O) groups excluding carboxylic acids is 1. The molecule has 0 aliphatic carbocycles. The summed E-state index contributed by atoms with van der Waals surface area (Å²) in [5, 5.41) is 3.08. The zero-order chi connectivity index (χ0) is 19.9. The fourth-order valence-electron chi connectivity index (χ4n) is 3.45. The number of aryl methyl sites for hydroxylation is 1. The molecule has 144 valence electrons. The van der Waals surface area contributed by atoms with Gasteiger partial charge in [0.25, 0.3) is 5.91 Å². The van der Waals surface area contributed by atoms with Crippen LogP contribution in [0.3, 0.4) is 0 Å². The monoisotopic (exact) mass is 375 g/mol. The Morgan fingerprint density at radius 1 is 1.00 bits per heavy atom. The molecule has 28 heavy (non-hydrogen) atoms. The molecule has 0 aliphatic heterocycles. The van der Waals surface area contributed by atoms with E-state index < -0.39 is 0 Å². The van der Waals surface area contributed by atoms with Crippen molar-refractivity contribution in [3.63, 3.8) is 0 Å². The van der Waals surface area contributed by atoms with Gasteiger partial charge in [-0.15, -0.1) is 0 Å². The molecule has 0 aromatic heterocycles. The van der Waals surface area contributed by atoms with Crippen molar-refractivity contribution in [2.24, 2.45) is 0 Å². The molecule has 4 heteroatoms. The first-order chi connectivity index (χ1) is 13.6. The average Bonchev–Trinajstić information content (AvgIpc) is 2.70. The van der Waals surface area contributed by atoms with E-state index in [-0.39, 0.29) is 11.9 Å². The number of benzene rings is 3. The van der Waals surface area contributed by atoms with Crippen LogP contribution in [0.2, 0.25) is 0 Å². The standard InChI is InChI=1S/C24H26N2O2/c1-18-14-15-22(28-3)21(16-18)25-24(27)23(20-12-8-5-9-13-20)26(2)17-19-10-6-4-7-11-19/h4-16,23H,17H2,1-3H3,(H,25,27)/p+1/t23-/m1/s1. The van der Waals surface area contributed by atoms with E-state index in [4.69, 9.17) is 4.74 Å². The first-order valence-corrected chi connectivity index (χ1v) is 9.45. The molecule has 0 heterocycles. The lowest BCUT2D eigenvalue weighted by Gasteiger charge is -2.25. The van der Waals surface area contributed by atoms with E-state index in [1.54, 1.807) is 7.11 Å². The van der Waals surface area contributed by atoms with Crippen molar-refractivity contribution < 1.29 is 14.4 Å². The molecule has 0 spiro atoms. The number of nitrogens with one attached hydrogen (secondary N) is 2. The maximum Gasteiger partial charge on any atom is 0.287 e.